The molecule has 0 aromatic heterocycles. The standard InChI is InChI=1S/C19H32O2/c1-14(2)11-18-13-17(19(21-18)12-15(3)4)10-8-6-7-9-16(5)20/h11-12,17-19H,6-10,13H2,1-5H3. The first-order chi connectivity index (χ1) is 9.88. The summed E-state index contributed by atoms with van der Waals surface area (Å²) in [7, 11) is 0. The minimum Gasteiger partial charge on any atom is -0.367 e. The molecule has 1 aliphatic rings. The van der Waals surface area contributed by atoms with E-state index in [-0.39, 0.29) is 12.2 Å². The molecule has 0 bridgehead atoms. The molecule has 0 aromatic carbocycles. The molecule has 0 spiro atoms. The van der Waals surface area contributed by atoms with Gasteiger partial charge in [0.25, 0.3) is 0 Å². The minimum atomic E-state index is 0.267. The van der Waals surface area contributed by atoms with E-state index in [0.717, 1.165) is 25.7 Å². The Morgan fingerprint density at radius 2 is 1.67 bits per heavy atom. The van der Waals surface area contributed by atoms with Gasteiger partial charge in [-0.3, -0.25) is 0 Å². The predicted molar refractivity (Wildman–Crippen MR) is 89.4 cm³/mol. The van der Waals surface area contributed by atoms with Crippen LogP contribution in [0.2, 0.25) is 0 Å². The second kappa shape index (κ2) is 9.19. The number of unbranched alkanes of at least 4 members (excludes halogenated alkanes) is 2. The zero-order valence-corrected chi connectivity index (χ0v) is 14.4. The second-order valence-corrected chi connectivity index (χ2v) is 6.92. The molecular weight excluding hydrogens is 260 g/mol. The predicted octanol–water partition coefficient (Wildman–Crippen LogP) is 5.23. The highest BCUT2D eigenvalue weighted by Crippen LogP contribution is 2.33. The fraction of sp³-hybridized carbons (Fsp3) is 0.737. The van der Waals surface area contributed by atoms with Crippen LogP contribution >= 0.6 is 0 Å². The summed E-state index contributed by atoms with van der Waals surface area (Å²) < 4.78 is 6.18. The van der Waals surface area contributed by atoms with Gasteiger partial charge in [-0.2, -0.15) is 0 Å². The van der Waals surface area contributed by atoms with E-state index in [4.69, 9.17) is 4.74 Å². The average molecular weight is 292 g/mol. The summed E-state index contributed by atoms with van der Waals surface area (Å²) in [6, 6.07) is 0. The molecule has 0 N–H and O–H groups in total. The molecule has 0 amide bonds. The van der Waals surface area contributed by atoms with E-state index in [9.17, 15) is 4.79 Å². The third kappa shape index (κ3) is 7.61. The van der Waals surface area contributed by atoms with Crippen LogP contribution in [0.15, 0.2) is 23.3 Å². The number of ketones is 1. The van der Waals surface area contributed by atoms with Crippen LogP contribution in [-0.4, -0.2) is 18.0 Å². The largest absolute Gasteiger partial charge is 0.367 e. The fourth-order valence-corrected chi connectivity index (χ4v) is 3.02. The summed E-state index contributed by atoms with van der Waals surface area (Å²) in [5, 5.41) is 0. The minimum absolute atomic E-state index is 0.267. The lowest BCUT2D eigenvalue weighted by Gasteiger charge is -2.15. The quantitative estimate of drug-likeness (QED) is 0.452. The zero-order chi connectivity index (χ0) is 15.8. The van der Waals surface area contributed by atoms with Crippen molar-refractivity contribution in [2.75, 3.05) is 0 Å². The first kappa shape index (κ1) is 18.2. The summed E-state index contributed by atoms with van der Waals surface area (Å²) in [4.78, 5) is 10.9. The number of rotatable bonds is 8. The summed E-state index contributed by atoms with van der Waals surface area (Å²) >= 11 is 0. The van der Waals surface area contributed by atoms with Crippen LogP contribution in [0.4, 0.5) is 0 Å². The van der Waals surface area contributed by atoms with Crippen molar-refractivity contribution >= 4 is 5.78 Å². The molecule has 3 unspecified atom stereocenters. The first-order valence-corrected chi connectivity index (χ1v) is 8.33. The number of Topliss-reactive ketones (excluding diaryl/α,β-unsaturated/α-hetero) is 1. The lowest BCUT2D eigenvalue weighted by Crippen LogP contribution is -2.13. The van der Waals surface area contributed by atoms with Crippen molar-refractivity contribution in [1.82, 2.24) is 0 Å². The summed E-state index contributed by atoms with van der Waals surface area (Å²) in [5.74, 6) is 0.933. The van der Waals surface area contributed by atoms with Crippen molar-refractivity contribution in [1.29, 1.82) is 0 Å². The molecular formula is C19H32O2. The smallest absolute Gasteiger partial charge is 0.129 e. The van der Waals surface area contributed by atoms with Gasteiger partial charge in [0.15, 0.2) is 0 Å². The van der Waals surface area contributed by atoms with Crippen LogP contribution < -0.4 is 0 Å². The van der Waals surface area contributed by atoms with Gasteiger partial charge in [0, 0.05) is 6.42 Å². The van der Waals surface area contributed by atoms with Crippen LogP contribution in [0.5, 0.6) is 0 Å². The molecule has 0 aliphatic carbocycles. The summed E-state index contributed by atoms with van der Waals surface area (Å²) in [6.45, 7) is 10.2. The fourth-order valence-electron chi connectivity index (χ4n) is 3.02. The SMILES string of the molecule is CC(=O)CCCCCC1CC(C=C(C)C)OC1C=C(C)C. The molecule has 3 atom stereocenters. The molecule has 0 radical (unpaired) electrons. The van der Waals surface area contributed by atoms with Gasteiger partial charge in [0.05, 0.1) is 12.2 Å². The molecule has 2 nitrogen and oxygen atoms in total. The van der Waals surface area contributed by atoms with Crippen molar-refractivity contribution in [2.45, 2.75) is 85.4 Å². The number of hydrogen-bond acceptors (Lipinski definition) is 2. The van der Waals surface area contributed by atoms with Gasteiger partial charge in [0.1, 0.15) is 5.78 Å². The van der Waals surface area contributed by atoms with E-state index < -0.39 is 0 Å². The van der Waals surface area contributed by atoms with Crippen molar-refractivity contribution in [2.24, 2.45) is 5.92 Å². The first-order valence-electron chi connectivity index (χ1n) is 8.33. The van der Waals surface area contributed by atoms with Crippen molar-refractivity contribution in [3.8, 4) is 0 Å². The Bertz CT molecular complexity index is 384. The van der Waals surface area contributed by atoms with E-state index in [1.807, 2.05) is 0 Å². The maximum atomic E-state index is 10.9. The van der Waals surface area contributed by atoms with Crippen molar-refractivity contribution < 1.29 is 9.53 Å². The van der Waals surface area contributed by atoms with E-state index in [2.05, 4.69) is 39.8 Å². The van der Waals surface area contributed by atoms with Crippen LogP contribution in [0, 0.1) is 5.92 Å². The molecule has 21 heavy (non-hydrogen) atoms. The summed E-state index contributed by atoms with van der Waals surface area (Å²) in [6.07, 6.45) is 11.5. The summed E-state index contributed by atoms with van der Waals surface area (Å²) in [5.41, 5.74) is 2.66. The topological polar surface area (TPSA) is 26.3 Å². The maximum absolute atomic E-state index is 10.9. The number of allylic oxidation sites excluding steroid dienone is 2. The van der Waals surface area contributed by atoms with Gasteiger partial charge in [-0.25, -0.2) is 0 Å². The van der Waals surface area contributed by atoms with Gasteiger partial charge in [-0.1, -0.05) is 36.1 Å². The maximum Gasteiger partial charge on any atom is 0.129 e. The zero-order valence-electron chi connectivity index (χ0n) is 14.4. The Kier molecular flexibility index (Phi) is 7.95. The highest BCUT2D eigenvalue weighted by atomic mass is 16.5. The number of carbonyl (C=O) groups is 1. The van der Waals surface area contributed by atoms with Crippen LogP contribution in [0.25, 0.3) is 0 Å². The Labute approximate surface area is 130 Å². The normalized spacial score (nSPS) is 24.7. The third-order valence-corrected chi connectivity index (χ3v) is 3.95. The highest BCUT2D eigenvalue weighted by molar-refractivity contribution is 5.75. The van der Waals surface area contributed by atoms with Crippen molar-refractivity contribution in [3.05, 3.63) is 23.3 Å². The second-order valence-electron chi connectivity index (χ2n) is 6.92. The van der Waals surface area contributed by atoms with Gasteiger partial charge < -0.3 is 9.53 Å². The molecule has 120 valence electrons. The van der Waals surface area contributed by atoms with E-state index in [1.165, 1.54) is 24.0 Å². The molecule has 1 heterocycles. The van der Waals surface area contributed by atoms with E-state index in [1.54, 1.807) is 6.92 Å². The number of hydrogen-bond donors (Lipinski definition) is 0. The van der Waals surface area contributed by atoms with Crippen LogP contribution in [0.1, 0.15) is 73.1 Å². The lowest BCUT2D eigenvalue weighted by molar-refractivity contribution is -0.117. The van der Waals surface area contributed by atoms with Gasteiger partial charge >= 0.3 is 0 Å². The number of carbonyl (C=O) groups excluding carboxylic acids is 1. The molecule has 0 saturated carbocycles. The molecule has 1 rings (SSSR count). The van der Waals surface area contributed by atoms with Gasteiger partial charge in [-0.05, 0) is 59.8 Å². The van der Waals surface area contributed by atoms with E-state index >= 15 is 0 Å². The Balaban J connectivity index is 2.46. The highest BCUT2D eigenvalue weighted by Gasteiger charge is 2.31. The molecule has 1 aliphatic heterocycles. The van der Waals surface area contributed by atoms with Gasteiger partial charge in [-0.15, -0.1) is 0 Å². The van der Waals surface area contributed by atoms with E-state index in [0.29, 0.717) is 11.7 Å². The third-order valence-electron chi connectivity index (χ3n) is 3.95. The lowest BCUT2D eigenvalue weighted by atomic mass is 9.91. The Morgan fingerprint density at radius 1 is 1.00 bits per heavy atom. The molecule has 0 aromatic rings. The monoisotopic (exact) mass is 292 g/mol. The Morgan fingerprint density at radius 3 is 2.24 bits per heavy atom. The Hall–Kier alpha value is -0.890. The number of ether oxygens (including phenoxy) is 1. The molecule has 2 heteroatoms. The van der Waals surface area contributed by atoms with Crippen molar-refractivity contribution in [3.63, 3.8) is 0 Å². The molecule has 1 saturated heterocycles. The van der Waals surface area contributed by atoms with Crippen LogP contribution in [0.3, 0.4) is 0 Å². The molecule has 1 fully saturated rings. The van der Waals surface area contributed by atoms with Gasteiger partial charge in [0.2, 0.25) is 0 Å². The van der Waals surface area contributed by atoms with Crippen LogP contribution in [-0.2, 0) is 9.53 Å². The average Bonchev–Trinajstić information content (AvgIpc) is 2.68.